The number of ketones is 1. The maximum Gasteiger partial charge on any atom is 0.243 e. The predicted molar refractivity (Wildman–Crippen MR) is 153 cm³/mol. The molecule has 0 spiro atoms. The summed E-state index contributed by atoms with van der Waals surface area (Å²) in [7, 11) is 3.64. The Hall–Kier alpha value is -1.94. The van der Waals surface area contributed by atoms with Gasteiger partial charge in [-0.15, -0.1) is 0 Å². The lowest BCUT2D eigenvalue weighted by molar-refractivity contribution is -0.118. The van der Waals surface area contributed by atoms with Gasteiger partial charge in [-0.25, -0.2) is 12.7 Å². The molecule has 2 aromatic rings. The first-order valence-electron chi connectivity index (χ1n) is 12.7. The van der Waals surface area contributed by atoms with Crippen molar-refractivity contribution in [3.05, 3.63) is 51.0 Å². The van der Waals surface area contributed by atoms with Crippen LogP contribution in [0.1, 0.15) is 41.5 Å². The Bertz CT molecular complexity index is 1220. The average Bonchev–Trinajstić information content (AvgIpc) is 2.83. The van der Waals surface area contributed by atoms with Crippen LogP contribution >= 0.6 is 15.9 Å². The first-order chi connectivity index (χ1) is 17.3. The standard InChI is InChI=1S/C28H40BrN3O4S/c1-19-16-27(32-12-8-23(9-13-32)30(4)5)26(29)18-22(19)17-24(33)10-11-31(6)37(34,35)28-20(2)14-25(36-7)15-21(28)3/h14-16,18,23H,8-13,17H2,1-7H3. The molecule has 1 saturated heterocycles. The summed E-state index contributed by atoms with van der Waals surface area (Å²) in [6.45, 7) is 7.70. The smallest absolute Gasteiger partial charge is 0.243 e. The van der Waals surface area contributed by atoms with Gasteiger partial charge in [-0.2, -0.15) is 0 Å². The van der Waals surface area contributed by atoms with Crippen molar-refractivity contribution in [1.29, 1.82) is 0 Å². The molecular formula is C28H40BrN3O4S. The predicted octanol–water partition coefficient (Wildman–Crippen LogP) is 4.74. The molecule has 0 amide bonds. The number of nitrogens with zero attached hydrogens (tertiary/aromatic N) is 3. The zero-order chi connectivity index (χ0) is 27.5. The molecule has 2 aromatic carbocycles. The van der Waals surface area contributed by atoms with Crippen LogP contribution in [0.2, 0.25) is 0 Å². The fourth-order valence-corrected chi connectivity index (χ4v) is 7.27. The molecule has 37 heavy (non-hydrogen) atoms. The molecule has 0 saturated carbocycles. The molecule has 1 fully saturated rings. The van der Waals surface area contributed by atoms with E-state index in [0.717, 1.165) is 41.5 Å². The maximum atomic E-state index is 13.2. The van der Waals surface area contributed by atoms with Crippen molar-refractivity contribution in [3.8, 4) is 5.75 Å². The lowest BCUT2D eigenvalue weighted by atomic mass is 9.99. The van der Waals surface area contributed by atoms with Gasteiger partial charge in [0.1, 0.15) is 11.5 Å². The summed E-state index contributed by atoms with van der Waals surface area (Å²) in [5.41, 5.74) is 4.47. The number of hydrogen-bond acceptors (Lipinski definition) is 6. The number of benzene rings is 2. The second kappa shape index (κ2) is 12.3. The third-order valence-electron chi connectivity index (χ3n) is 7.37. The van der Waals surface area contributed by atoms with E-state index in [0.29, 0.717) is 22.9 Å². The highest BCUT2D eigenvalue weighted by molar-refractivity contribution is 9.10. The Kier molecular flexibility index (Phi) is 9.83. The summed E-state index contributed by atoms with van der Waals surface area (Å²) in [5.74, 6) is 0.636. The van der Waals surface area contributed by atoms with E-state index in [1.54, 1.807) is 33.1 Å². The summed E-state index contributed by atoms with van der Waals surface area (Å²) in [6, 6.07) is 8.26. The molecule has 0 aliphatic carbocycles. The van der Waals surface area contributed by atoms with Crippen molar-refractivity contribution in [1.82, 2.24) is 9.21 Å². The van der Waals surface area contributed by atoms with Crippen molar-refractivity contribution in [2.45, 2.75) is 57.4 Å². The second-order valence-corrected chi connectivity index (χ2v) is 13.1. The molecule has 1 aliphatic rings. The molecule has 9 heteroatoms. The number of hydrogen-bond donors (Lipinski definition) is 0. The largest absolute Gasteiger partial charge is 0.497 e. The molecule has 3 rings (SSSR count). The van der Waals surface area contributed by atoms with Crippen LogP contribution in [0.25, 0.3) is 0 Å². The average molecular weight is 595 g/mol. The minimum atomic E-state index is -3.73. The third kappa shape index (κ3) is 6.93. The van der Waals surface area contributed by atoms with E-state index in [1.165, 1.54) is 17.0 Å². The number of Topliss-reactive ketones (excluding diaryl/α,β-unsaturated/α-hetero) is 1. The summed E-state index contributed by atoms with van der Waals surface area (Å²) < 4.78 is 34.0. The van der Waals surface area contributed by atoms with Crippen LogP contribution in [-0.2, 0) is 21.2 Å². The minimum absolute atomic E-state index is 0.0137. The molecule has 0 bridgehead atoms. The first-order valence-corrected chi connectivity index (χ1v) is 14.9. The first kappa shape index (κ1) is 29.6. The van der Waals surface area contributed by atoms with Crippen molar-refractivity contribution in [2.24, 2.45) is 0 Å². The van der Waals surface area contributed by atoms with Gasteiger partial charge in [-0.3, -0.25) is 4.79 Å². The molecule has 0 N–H and O–H groups in total. The molecule has 7 nitrogen and oxygen atoms in total. The van der Waals surface area contributed by atoms with Crippen molar-refractivity contribution < 1.29 is 17.9 Å². The number of carbonyl (C=O) groups is 1. The molecular weight excluding hydrogens is 554 g/mol. The Labute approximate surface area is 231 Å². The highest BCUT2D eigenvalue weighted by atomic mass is 79.9. The Morgan fingerprint density at radius 3 is 2.16 bits per heavy atom. The SMILES string of the molecule is COc1cc(C)c(S(=O)(=O)N(C)CCC(=O)Cc2cc(Br)c(N3CCC(N(C)C)CC3)cc2C)c(C)c1. The van der Waals surface area contributed by atoms with Crippen LogP contribution in [0.3, 0.4) is 0 Å². The van der Waals surface area contributed by atoms with E-state index in [-0.39, 0.29) is 30.1 Å². The van der Waals surface area contributed by atoms with Crippen LogP contribution in [0.15, 0.2) is 33.6 Å². The number of aryl methyl sites for hydroxylation is 3. The minimum Gasteiger partial charge on any atom is -0.497 e. The van der Waals surface area contributed by atoms with Gasteiger partial charge in [0, 0.05) is 50.0 Å². The van der Waals surface area contributed by atoms with Crippen molar-refractivity contribution >= 4 is 37.4 Å². The normalized spacial score (nSPS) is 15.0. The quantitative estimate of drug-likeness (QED) is 0.396. The van der Waals surface area contributed by atoms with Crippen LogP contribution in [0.5, 0.6) is 5.75 Å². The van der Waals surface area contributed by atoms with Crippen LogP contribution < -0.4 is 9.64 Å². The zero-order valence-corrected chi connectivity index (χ0v) is 25.5. The molecule has 0 radical (unpaired) electrons. The lowest BCUT2D eigenvalue weighted by Crippen LogP contribution is -2.42. The Morgan fingerprint density at radius 1 is 1.03 bits per heavy atom. The molecule has 204 valence electrons. The third-order valence-corrected chi connectivity index (χ3v) is 10.2. The molecule has 0 atom stereocenters. The monoisotopic (exact) mass is 593 g/mol. The summed E-state index contributed by atoms with van der Waals surface area (Å²) in [4.78, 5) is 17.9. The van der Waals surface area contributed by atoms with Crippen molar-refractivity contribution in [3.63, 3.8) is 0 Å². The second-order valence-electron chi connectivity index (χ2n) is 10.3. The zero-order valence-electron chi connectivity index (χ0n) is 23.1. The number of ether oxygens (including phenoxy) is 1. The van der Waals surface area contributed by atoms with Crippen LogP contribution in [0.4, 0.5) is 5.69 Å². The van der Waals surface area contributed by atoms with E-state index < -0.39 is 10.0 Å². The van der Waals surface area contributed by atoms with Gasteiger partial charge >= 0.3 is 0 Å². The Morgan fingerprint density at radius 2 is 1.62 bits per heavy atom. The topological polar surface area (TPSA) is 70.2 Å². The van der Waals surface area contributed by atoms with Gasteiger partial charge in [0.25, 0.3) is 0 Å². The number of methoxy groups -OCH3 is 1. The van der Waals surface area contributed by atoms with E-state index in [1.807, 2.05) is 13.0 Å². The number of anilines is 1. The molecule has 1 aliphatic heterocycles. The number of sulfonamides is 1. The molecule has 0 aromatic heterocycles. The fraction of sp³-hybridized carbons (Fsp3) is 0.536. The van der Waals surface area contributed by atoms with Gasteiger partial charge in [0.2, 0.25) is 10.0 Å². The van der Waals surface area contributed by atoms with Gasteiger partial charge in [0.05, 0.1) is 17.7 Å². The number of piperidine rings is 1. The summed E-state index contributed by atoms with van der Waals surface area (Å²) in [5, 5.41) is 0. The highest BCUT2D eigenvalue weighted by Gasteiger charge is 2.26. The van der Waals surface area contributed by atoms with Gasteiger partial charge in [-0.1, -0.05) is 0 Å². The lowest BCUT2D eigenvalue weighted by Gasteiger charge is -2.37. The molecule has 0 unspecified atom stereocenters. The number of rotatable bonds is 10. The van der Waals surface area contributed by atoms with E-state index in [2.05, 4.69) is 45.9 Å². The van der Waals surface area contributed by atoms with Crippen molar-refractivity contribution in [2.75, 3.05) is 52.8 Å². The van der Waals surface area contributed by atoms with Gasteiger partial charge < -0.3 is 14.5 Å². The fourth-order valence-electron chi connectivity index (χ4n) is 5.06. The number of halogens is 1. The number of carbonyl (C=O) groups excluding carboxylic acids is 1. The van der Waals surface area contributed by atoms with E-state index in [9.17, 15) is 13.2 Å². The van der Waals surface area contributed by atoms with Gasteiger partial charge in [0.15, 0.2) is 0 Å². The summed E-state index contributed by atoms with van der Waals surface area (Å²) >= 11 is 3.73. The van der Waals surface area contributed by atoms with E-state index in [4.69, 9.17) is 4.74 Å². The van der Waals surface area contributed by atoms with Crippen LogP contribution in [-0.4, -0.2) is 77.3 Å². The molecule has 1 heterocycles. The highest BCUT2D eigenvalue weighted by Crippen LogP contribution is 2.33. The maximum absolute atomic E-state index is 13.2. The summed E-state index contributed by atoms with van der Waals surface area (Å²) in [6.07, 6.45) is 2.69. The van der Waals surface area contributed by atoms with Gasteiger partial charge in [-0.05, 0) is 110 Å². The van der Waals surface area contributed by atoms with E-state index >= 15 is 0 Å². The van der Waals surface area contributed by atoms with Crippen LogP contribution in [0, 0.1) is 20.8 Å². The Balaban J connectivity index is 1.64.